The number of nitrogens with zero attached hydrogens (tertiary/aromatic N) is 1. The van der Waals surface area contributed by atoms with Crippen molar-refractivity contribution in [3.8, 4) is 0 Å². The van der Waals surface area contributed by atoms with E-state index in [1.54, 1.807) is 0 Å². The van der Waals surface area contributed by atoms with E-state index in [0.717, 1.165) is 83.5 Å². The molecule has 0 aromatic heterocycles. The highest BCUT2D eigenvalue weighted by Crippen LogP contribution is 2.43. The number of hydrogen-bond donors (Lipinski definition) is 1. The van der Waals surface area contributed by atoms with E-state index in [1.165, 1.54) is 64.2 Å². The maximum absolute atomic E-state index is 12.7. The van der Waals surface area contributed by atoms with Gasteiger partial charge in [-0.2, -0.15) is 0 Å². The topological polar surface area (TPSA) is 108 Å². The van der Waals surface area contributed by atoms with Crippen molar-refractivity contribution in [1.82, 2.24) is 0 Å². The van der Waals surface area contributed by atoms with Crippen molar-refractivity contribution < 1.29 is 42.1 Å². The molecule has 346 valence electrons. The molecule has 0 aliphatic carbocycles. The van der Waals surface area contributed by atoms with Crippen LogP contribution in [0.4, 0.5) is 0 Å². The van der Waals surface area contributed by atoms with Crippen molar-refractivity contribution in [2.24, 2.45) is 0 Å². The molecule has 0 saturated carbocycles. The van der Waals surface area contributed by atoms with Gasteiger partial charge in [0.05, 0.1) is 27.7 Å². The summed E-state index contributed by atoms with van der Waals surface area (Å²) in [6.07, 6.45) is 52.3. The minimum absolute atomic E-state index is 0.0209. The van der Waals surface area contributed by atoms with Gasteiger partial charge in [-0.15, -0.1) is 0 Å². The maximum atomic E-state index is 12.7. The number of quaternary nitrogens is 1. The number of likely N-dealkylation sites (N-methyl/N-ethyl adjacent to an activating group) is 1. The summed E-state index contributed by atoms with van der Waals surface area (Å²) in [6.45, 7) is 4.25. The lowest BCUT2D eigenvalue weighted by molar-refractivity contribution is -0.870. The van der Waals surface area contributed by atoms with Crippen molar-refractivity contribution >= 4 is 19.8 Å². The second-order valence-corrected chi connectivity index (χ2v) is 18.2. The number of rotatable bonds is 42. The Labute approximate surface area is 368 Å². The van der Waals surface area contributed by atoms with Crippen LogP contribution in [0.1, 0.15) is 181 Å². The fraction of sp³-hybridized carbons (Fsp3) is 0.720. The highest BCUT2D eigenvalue weighted by atomic mass is 31.2. The number of allylic oxidation sites excluding steroid dienone is 12. The second-order valence-electron chi connectivity index (χ2n) is 16.8. The first-order valence-electron chi connectivity index (χ1n) is 23.7. The zero-order valence-corrected chi connectivity index (χ0v) is 39.8. The Morgan fingerprint density at radius 1 is 0.533 bits per heavy atom. The fourth-order valence-electron chi connectivity index (χ4n) is 6.03. The SMILES string of the molecule is CC/C=C\C/C=C\C/C=C\C/C=C\C/C=C\CCCCCC(=O)O[C@H](COC(=O)CCCCCCCCC/C=C\CCCCCCCC)COP(=O)(O)OCC[N+](C)(C)C. The van der Waals surface area contributed by atoms with Crippen molar-refractivity contribution in [2.45, 2.75) is 187 Å². The molecule has 0 radical (unpaired) electrons. The third kappa shape index (κ3) is 45.0. The summed E-state index contributed by atoms with van der Waals surface area (Å²) in [5, 5.41) is 0. The van der Waals surface area contributed by atoms with Crippen LogP contribution in [-0.4, -0.2) is 74.9 Å². The fourth-order valence-corrected chi connectivity index (χ4v) is 6.78. The normalized spacial score (nSPS) is 14.2. The van der Waals surface area contributed by atoms with Gasteiger partial charge in [-0.3, -0.25) is 18.6 Å². The van der Waals surface area contributed by atoms with Gasteiger partial charge in [0, 0.05) is 12.8 Å². The van der Waals surface area contributed by atoms with Crippen LogP contribution in [0.5, 0.6) is 0 Å². The van der Waals surface area contributed by atoms with Crippen LogP contribution in [0.15, 0.2) is 72.9 Å². The summed E-state index contributed by atoms with van der Waals surface area (Å²) in [7, 11) is 1.44. The van der Waals surface area contributed by atoms with E-state index < -0.39 is 26.5 Å². The van der Waals surface area contributed by atoms with Gasteiger partial charge in [-0.05, 0) is 83.5 Å². The molecule has 0 spiro atoms. The Balaban J connectivity index is 4.40. The lowest BCUT2D eigenvalue weighted by atomic mass is 10.1. The zero-order chi connectivity index (χ0) is 44.3. The van der Waals surface area contributed by atoms with Crippen LogP contribution >= 0.6 is 7.82 Å². The van der Waals surface area contributed by atoms with E-state index in [-0.39, 0.29) is 32.0 Å². The minimum atomic E-state index is -4.39. The summed E-state index contributed by atoms with van der Waals surface area (Å²) < 4.78 is 34.3. The lowest BCUT2D eigenvalue weighted by Gasteiger charge is -2.24. The first kappa shape index (κ1) is 57.4. The van der Waals surface area contributed by atoms with Gasteiger partial charge in [0.1, 0.15) is 19.8 Å². The molecule has 1 N–H and O–H groups in total. The van der Waals surface area contributed by atoms with E-state index in [9.17, 15) is 19.0 Å². The summed E-state index contributed by atoms with van der Waals surface area (Å²) in [6, 6.07) is 0. The van der Waals surface area contributed by atoms with Crippen LogP contribution in [-0.2, 0) is 32.7 Å². The third-order valence-electron chi connectivity index (χ3n) is 9.72. The molecule has 9 nitrogen and oxygen atoms in total. The van der Waals surface area contributed by atoms with Gasteiger partial charge in [0.2, 0.25) is 0 Å². The first-order chi connectivity index (χ1) is 29.0. The number of carbonyl (C=O) groups excluding carboxylic acids is 2. The number of phosphoric acid groups is 1. The predicted octanol–water partition coefficient (Wildman–Crippen LogP) is 13.8. The van der Waals surface area contributed by atoms with Crippen molar-refractivity contribution in [1.29, 1.82) is 0 Å². The molecule has 10 heteroatoms. The van der Waals surface area contributed by atoms with Crippen molar-refractivity contribution in [2.75, 3.05) is 47.5 Å². The Kier molecular flexibility index (Phi) is 40.0. The molecule has 0 aromatic carbocycles. The van der Waals surface area contributed by atoms with E-state index in [4.69, 9.17) is 18.5 Å². The highest BCUT2D eigenvalue weighted by molar-refractivity contribution is 7.47. The molecule has 0 aromatic rings. The largest absolute Gasteiger partial charge is 0.472 e. The quantitative estimate of drug-likeness (QED) is 0.0212. The van der Waals surface area contributed by atoms with Crippen LogP contribution in [0, 0.1) is 0 Å². The van der Waals surface area contributed by atoms with Gasteiger partial charge in [0.25, 0.3) is 0 Å². The lowest BCUT2D eigenvalue weighted by Crippen LogP contribution is -2.37. The Bertz CT molecular complexity index is 1250. The first-order valence-corrected chi connectivity index (χ1v) is 25.2. The molecule has 0 aliphatic rings. The van der Waals surface area contributed by atoms with Crippen LogP contribution < -0.4 is 0 Å². The molecule has 0 rings (SSSR count). The number of ether oxygens (including phenoxy) is 2. The van der Waals surface area contributed by atoms with E-state index in [2.05, 4.69) is 86.8 Å². The Morgan fingerprint density at radius 2 is 0.950 bits per heavy atom. The molecular formula is C50H89NO8P+. The average Bonchev–Trinajstić information content (AvgIpc) is 3.20. The molecule has 0 fully saturated rings. The molecule has 0 amide bonds. The van der Waals surface area contributed by atoms with Crippen LogP contribution in [0.25, 0.3) is 0 Å². The third-order valence-corrected chi connectivity index (χ3v) is 10.7. The summed E-state index contributed by atoms with van der Waals surface area (Å²) >= 11 is 0. The molecule has 60 heavy (non-hydrogen) atoms. The molecule has 0 aliphatic heterocycles. The van der Waals surface area contributed by atoms with Crippen molar-refractivity contribution in [3.05, 3.63) is 72.9 Å². The molecule has 0 heterocycles. The van der Waals surface area contributed by atoms with Gasteiger partial charge in [-0.1, -0.05) is 157 Å². The molecule has 0 saturated heterocycles. The summed E-state index contributed by atoms with van der Waals surface area (Å²) in [4.78, 5) is 35.5. The Hall–Kier alpha value is -2.55. The molecule has 0 bridgehead atoms. The van der Waals surface area contributed by atoms with Crippen LogP contribution in [0.2, 0.25) is 0 Å². The van der Waals surface area contributed by atoms with Crippen molar-refractivity contribution in [3.63, 3.8) is 0 Å². The zero-order valence-electron chi connectivity index (χ0n) is 38.9. The monoisotopic (exact) mass is 863 g/mol. The number of hydrogen-bond acceptors (Lipinski definition) is 7. The predicted molar refractivity (Wildman–Crippen MR) is 252 cm³/mol. The standard InChI is InChI=1S/C50H88NO8P/c1-6-8-10-12-14-16-18-20-22-24-25-27-29-31-33-35-37-39-41-43-50(53)59-48(47-58-60(54,55)57-45-44-51(3,4)5)46-56-49(52)42-40-38-36-34-32-30-28-26-23-21-19-17-15-13-11-9-7-2/h8,10,14,16,20-23,25,27,31,33,48H,6-7,9,11-13,15,17-19,24,26,28-30,32,34-47H2,1-5H3/p+1/b10-8-,16-14-,22-20-,23-21-,27-25-,33-31-/t48-/m1/s1. The minimum Gasteiger partial charge on any atom is -0.462 e. The maximum Gasteiger partial charge on any atom is 0.472 e. The van der Waals surface area contributed by atoms with Crippen LogP contribution in [0.3, 0.4) is 0 Å². The average molecular weight is 863 g/mol. The molecule has 1 unspecified atom stereocenters. The van der Waals surface area contributed by atoms with E-state index in [0.29, 0.717) is 17.4 Å². The summed E-state index contributed by atoms with van der Waals surface area (Å²) in [5.41, 5.74) is 0. The van der Waals surface area contributed by atoms with E-state index in [1.807, 2.05) is 21.1 Å². The number of phosphoric ester groups is 1. The van der Waals surface area contributed by atoms with Gasteiger partial charge >= 0.3 is 19.8 Å². The summed E-state index contributed by atoms with van der Waals surface area (Å²) in [5.74, 6) is -0.845. The smallest absolute Gasteiger partial charge is 0.462 e. The number of unbranched alkanes of at least 4 members (excludes halogenated alkanes) is 16. The molecular weight excluding hydrogens is 774 g/mol. The Morgan fingerprint density at radius 3 is 1.45 bits per heavy atom. The van der Waals surface area contributed by atoms with Gasteiger partial charge in [-0.25, -0.2) is 4.57 Å². The van der Waals surface area contributed by atoms with Gasteiger partial charge in [0.15, 0.2) is 6.10 Å². The van der Waals surface area contributed by atoms with Gasteiger partial charge < -0.3 is 18.9 Å². The highest BCUT2D eigenvalue weighted by Gasteiger charge is 2.27. The molecule has 2 atom stereocenters. The van der Waals surface area contributed by atoms with E-state index >= 15 is 0 Å². The second kappa shape index (κ2) is 41.8. The number of carbonyl (C=O) groups is 2. The number of esters is 2.